The first-order valence-electron chi connectivity index (χ1n) is 7.77. The van der Waals surface area contributed by atoms with Crippen molar-refractivity contribution in [3.63, 3.8) is 0 Å². The molecule has 0 bridgehead atoms. The van der Waals surface area contributed by atoms with Crippen molar-refractivity contribution in [1.29, 1.82) is 5.26 Å². The van der Waals surface area contributed by atoms with Crippen LogP contribution in [0.2, 0.25) is 0 Å². The molecule has 0 radical (unpaired) electrons. The number of nitriles is 1. The third-order valence-electron chi connectivity index (χ3n) is 3.81. The highest BCUT2D eigenvalue weighted by Crippen LogP contribution is 2.17. The molecule has 22 heavy (non-hydrogen) atoms. The van der Waals surface area contributed by atoms with Crippen LogP contribution in [0, 0.1) is 17.2 Å². The summed E-state index contributed by atoms with van der Waals surface area (Å²) in [4.78, 5) is 2.33. The quantitative estimate of drug-likeness (QED) is 0.866. The largest absolute Gasteiger partial charge is 0.361 e. The molecule has 3 rings (SSSR count). The van der Waals surface area contributed by atoms with Crippen molar-refractivity contribution >= 4 is 0 Å². The third-order valence-corrected chi connectivity index (χ3v) is 3.81. The summed E-state index contributed by atoms with van der Waals surface area (Å²) < 4.78 is 7.35. The first kappa shape index (κ1) is 14.8. The minimum Gasteiger partial charge on any atom is -0.361 e. The lowest BCUT2D eigenvalue weighted by molar-refractivity contribution is 0.251. The van der Waals surface area contributed by atoms with Gasteiger partial charge in [-0.2, -0.15) is 10.4 Å². The molecule has 1 aliphatic rings. The molecule has 2 aromatic heterocycles. The summed E-state index contributed by atoms with van der Waals surface area (Å²) in [5.41, 5.74) is 2.57. The number of hydrogen-bond acceptors (Lipinski definition) is 5. The first-order chi connectivity index (χ1) is 10.6. The zero-order chi connectivity index (χ0) is 15.5. The van der Waals surface area contributed by atoms with Gasteiger partial charge in [0.2, 0.25) is 0 Å². The maximum atomic E-state index is 8.97. The molecule has 0 spiro atoms. The van der Waals surface area contributed by atoms with E-state index in [1.165, 1.54) is 0 Å². The smallest absolute Gasteiger partial charge is 0.162 e. The van der Waals surface area contributed by atoms with E-state index in [0.29, 0.717) is 11.6 Å². The Labute approximate surface area is 130 Å². The second-order valence-corrected chi connectivity index (χ2v) is 6.30. The molecule has 0 saturated heterocycles. The SMILES string of the molecule is CC(C)Cc1cc(CN2CCCn3nc(C#N)cc3C2)no1. The summed E-state index contributed by atoms with van der Waals surface area (Å²) in [6.45, 7) is 7.77. The van der Waals surface area contributed by atoms with Crippen LogP contribution in [-0.4, -0.2) is 26.4 Å². The fourth-order valence-electron chi connectivity index (χ4n) is 2.88. The second kappa shape index (κ2) is 6.32. The van der Waals surface area contributed by atoms with Gasteiger partial charge in [-0.3, -0.25) is 9.58 Å². The summed E-state index contributed by atoms with van der Waals surface area (Å²) in [7, 11) is 0. The van der Waals surface area contributed by atoms with Crippen LogP contribution in [0.4, 0.5) is 0 Å². The van der Waals surface area contributed by atoms with Gasteiger partial charge in [-0.05, 0) is 18.4 Å². The first-order valence-corrected chi connectivity index (χ1v) is 7.77. The minimum absolute atomic E-state index is 0.498. The third kappa shape index (κ3) is 3.37. The van der Waals surface area contributed by atoms with E-state index in [2.05, 4.69) is 41.1 Å². The normalized spacial score (nSPS) is 15.5. The molecular formula is C16H21N5O. The van der Waals surface area contributed by atoms with Crippen molar-refractivity contribution in [2.24, 2.45) is 5.92 Å². The van der Waals surface area contributed by atoms with Gasteiger partial charge >= 0.3 is 0 Å². The van der Waals surface area contributed by atoms with E-state index >= 15 is 0 Å². The number of hydrogen-bond donors (Lipinski definition) is 0. The Kier molecular flexibility index (Phi) is 4.25. The van der Waals surface area contributed by atoms with Gasteiger partial charge < -0.3 is 4.52 Å². The molecule has 0 N–H and O–H groups in total. The maximum Gasteiger partial charge on any atom is 0.162 e. The summed E-state index contributed by atoms with van der Waals surface area (Å²) >= 11 is 0. The van der Waals surface area contributed by atoms with E-state index in [-0.39, 0.29) is 0 Å². The molecular weight excluding hydrogens is 278 g/mol. The van der Waals surface area contributed by atoms with Crippen molar-refractivity contribution in [1.82, 2.24) is 19.8 Å². The van der Waals surface area contributed by atoms with Gasteiger partial charge in [0.25, 0.3) is 0 Å². The van der Waals surface area contributed by atoms with Crippen LogP contribution in [0.1, 0.15) is 43.1 Å². The Bertz CT molecular complexity index is 679. The van der Waals surface area contributed by atoms with E-state index < -0.39 is 0 Å². The van der Waals surface area contributed by atoms with Crippen molar-refractivity contribution in [3.8, 4) is 6.07 Å². The fourth-order valence-corrected chi connectivity index (χ4v) is 2.88. The standard InChI is InChI=1S/C16H21N5O/c1-12(2)6-16-8-14(19-22-16)10-20-4-3-5-21-15(11-20)7-13(9-17)18-21/h7-8,12H,3-6,10-11H2,1-2H3. The Morgan fingerprint density at radius 2 is 2.23 bits per heavy atom. The van der Waals surface area contributed by atoms with Crippen molar-refractivity contribution in [2.45, 2.75) is 46.3 Å². The van der Waals surface area contributed by atoms with Gasteiger partial charge in [0.1, 0.15) is 11.8 Å². The molecule has 2 aromatic rings. The topological polar surface area (TPSA) is 70.9 Å². The van der Waals surface area contributed by atoms with Crippen LogP contribution in [0.25, 0.3) is 0 Å². The molecule has 0 aromatic carbocycles. The average molecular weight is 299 g/mol. The Morgan fingerprint density at radius 1 is 1.36 bits per heavy atom. The van der Waals surface area contributed by atoms with Gasteiger partial charge in [-0.25, -0.2) is 0 Å². The number of aromatic nitrogens is 3. The van der Waals surface area contributed by atoms with Crippen LogP contribution in [0.3, 0.4) is 0 Å². The predicted molar refractivity (Wildman–Crippen MR) is 80.7 cm³/mol. The van der Waals surface area contributed by atoms with Crippen LogP contribution in [0.5, 0.6) is 0 Å². The Hall–Kier alpha value is -2.13. The van der Waals surface area contributed by atoms with Gasteiger partial charge in [-0.1, -0.05) is 19.0 Å². The number of nitrogens with zero attached hydrogens (tertiary/aromatic N) is 5. The predicted octanol–water partition coefficient (Wildman–Crippen LogP) is 2.35. The number of aryl methyl sites for hydroxylation is 1. The van der Waals surface area contributed by atoms with Crippen molar-refractivity contribution in [3.05, 3.63) is 35.0 Å². The highest BCUT2D eigenvalue weighted by atomic mass is 16.5. The van der Waals surface area contributed by atoms with Crippen LogP contribution in [-0.2, 0) is 26.1 Å². The lowest BCUT2D eigenvalue weighted by Crippen LogP contribution is -2.22. The number of rotatable bonds is 4. The van der Waals surface area contributed by atoms with Crippen LogP contribution < -0.4 is 0 Å². The van der Waals surface area contributed by atoms with Crippen LogP contribution >= 0.6 is 0 Å². The molecule has 6 nitrogen and oxygen atoms in total. The summed E-state index contributed by atoms with van der Waals surface area (Å²) in [6, 6.07) is 6.05. The average Bonchev–Trinajstić information content (AvgIpc) is 3.01. The molecule has 0 atom stereocenters. The summed E-state index contributed by atoms with van der Waals surface area (Å²) in [5, 5.41) is 17.5. The highest BCUT2D eigenvalue weighted by molar-refractivity contribution is 5.23. The van der Waals surface area contributed by atoms with Crippen molar-refractivity contribution < 1.29 is 4.52 Å². The molecule has 3 heterocycles. The molecule has 0 aliphatic carbocycles. The summed E-state index contributed by atoms with van der Waals surface area (Å²) in [5.74, 6) is 1.52. The fraction of sp³-hybridized carbons (Fsp3) is 0.562. The van der Waals surface area contributed by atoms with E-state index in [1.54, 1.807) is 0 Å². The summed E-state index contributed by atoms with van der Waals surface area (Å²) in [6.07, 6.45) is 1.95. The van der Waals surface area contributed by atoms with Gasteiger partial charge in [-0.15, -0.1) is 0 Å². The number of fused-ring (bicyclic) bond motifs is 1. The van der Waals surface area contributed by atoms with E-state index in [4.69, 9.17) is 9.78 Å². The Morgan fingerprint density at radius 3 is 3.00 bits per heavy atom. The van der Waals surface area contributed by atoms with E-state index in [9.17, 15) is 0 Å². The van der Waals surface area contributed by atoms with Gasteiger partial charge in [0, 0.05) is 38.7 Å². The van der Waals surface area contributed by atoms with Gasteiger partial charge in [0.05, 0.1) is 11.4 Å². The molecule has 1 aliphatic heterocycles. The molecule has 0 unspecified atom stereocenters. The highest BCUT2D eigenvalue weighted by Gasteiger charge is 2.18. The Balaban J connectivity index is 1.67. The molecule has 0 amide bonds. The monoisotopic (exact) mass is 299 g/mol. The second-order valence-electron chi connectivity index (χ2n) is 6.30. The van der Waals surface area contributed by atoms with Crippen LogP contribution in [0.15, 0.2) is 16.7 Å². The molecule has 0 fully saturated rings. The lowest BCUT2D eigenvalue weighted by atomic mass is 10.1. The molecule has 0 saturated carbocycles. The van der Waals surface area contributed by atoms with E-state index in [1.807, 2.05) is 10.7 Å². The maximum absolute atomic E-state index is 8.97. The van der Waals surface area contributed by atoms with Crippen molar-refractivity contribution in [2.75, 3.05) is 6.54 Å². The zero-order valence-electron chi connectivity index (χ0n) is 13.1. The minimum atomic E-state index is 0.498. The zero-order valence-corrected chi connectivity index (χ0v) is 13.1. The molecule has 6 heteroatoms. The lowest BCUT2D eigenvalue weighted by Gasteiger charge is -2.17. The van der Waals surface area contributed by atoms with E-state index in [0.717, 1.165) is 56.2 Å². The van der Waals surface area contributed by atoms with Gasteiger partial charge in [0.15, 0.2) is 5.69 Å². The molecule has 116 valence electrons.